The maximum absolute atomic E-state index is 13.2. The molecule has 0 aliphatic heterocycles. The number of amides is 3. The van der Waals surface area contributed by atoms with E-state index in [9.17, 15) is 24.0 Å². The van der Waals surface area contributed by atoms with E-state index in [0.717, 1.165) is 45.3 Å². The highest BCUT2D eigenvalue weighted by Crippen LogP contribution is 2.10. The van der Waals surface area contributed by atoms with Crippen molar-refractivity contribution >= 4 is 29.3 Å². The molecule has 7 N–H and O–H groups in total. The van der Waals surface area contributed by atoms with Crippen LogP contribution in [0.3, 0.4) is 0 Å². The lowest BCUT2D eigenvalue weighted by Gasteiger charge is -2.24. The third-order valence-electron chi connectivity index (χ3n) is 7.12. The number of rotatable bonds is 27. The molecule has 0 saturated carbocycles. The first kappa shape index (κ1) is 39.6. The predicted octanol–water partition coefficient (Wildman–Crippen LogP) is 0.546. The smallest absolute Gasteiger partial charge is 0.222 e. The van der Waals surface area contributed by atoms with Gasteiger partial charge in [-0.3, -0.25) is 19.2 Å². The Balaban J connectivity index is 5.29. The van der Waals surface area contributed by atoms with Gasteiger partial charge in [0.05, 0.1) is 0 Å². The van der Waals surface area contributed by atoms with Crippen LogP contribution in [0.25, 0.3) is 0 Å². The number of Topliss-reactive ketones (excluding diaryl/α,β-unsaturated/α-hetero) is 2. The van der Waals surface area contributed by atoms with Crippen LogP contribution in [0.1, 0.15) is 90.9 Å². The Hall–Kier alpha value is -2.41. The Labute approximate surface area is 253 Å². The van der Waals surface area contributed by atoms with Crippen LogP contribution in [-0.2, 0) is 24.0 Å². The molecule has 4 unspecified atom stereocenters. The van der Waals surface area contributed by atoms with Crippen LogP contribution in [0.4, 0.5) is 0 Å². The molecule has 3 amide bonds. The first-order valence-electron chi connectivity index (χ1n) is 15.5. The second-order valence-corrected chi connectivity index (χ2v) is 11.3. The van der Waals surface area contributed by atoms with Gasteiger partial charge in [0.1, 0.15) is 11.6 Å². The molecule has 0 aliphatic rings. The minimum atomic E-state index is -0.418. The van der Waals surface area contributed by atoms with Crippen molar-refractivity contribution in [3.05, 3.63) is 0 Å². The summed E-state index contributed by atoms with van der Waals surface area (Å²) < 4.78 is 0. The molecule has 0 spiro atoms. The number of hydrogen-bond donors (Lipinski definition) is 7. The largest absolute Gasteiger partial charge is 0.353 e. The standard InChI is InChI=1S/C30H59N7O5/c1-22(38)13-14-27(18-23(2)39)37-30(42)21-26(12-9-17-33-5)36-29(41)20-25(11-8-16-32-4)35-28(40)19-24(34-6)10-7-15-31-3/h24-27,31-34H,7-21H2,1-6H3,(H,35,40)(H,36,41)(H,37,42). The summed E-state index contributed by atoms with van der Waals surface area (Å²) in [6, 6.07) is -1.08. The average molecular weight is 598 g/mol. The van der Waals surface area contributed by atoms with Gasteiger partial charge in [-0.25, -0.2) is 0 Å². The lowest BCUT2D eigenvalue weighted by Crippen LogP contribution is -2.45. The van der Waals surface area contributed by atoms with E-state index in [4.69, 9.17) is 0 Å². The molecule has 42 heavy (non-hydrogen) atoms. The van der Waals surface area contributed by atoms with Gasteiger partial charge in [-0.15, -0.1) is 0 Å². The molecule has 12 nitrogen and oxygen atoms in total. The summed E-state index contributed by atoms with van der Waals surface area (Å²) in [5.74, 6) is -0.638. The van der Waals surface area contributed by atoms with E-state index in [1.807, 2.05) is 28.2 Å². The van der Waals surface area contributed by atoms with Crippen molar-refractivity contribution in [3.63, 3.8) is 0 Å². The quantitative estimate of drug-likeness (QED) is 0.0669. The highest BCUT2D eigenvalue weighted by atomic mass is 16.2. The van der Waals surface area contributed by atoms with Crippen LogP contribution in [-0.4, -0.2) is 101 Å². The molecule has 0 aliphatic carbocycles. The average Bonchev–Trinajstić information content (AvgIpc) is 2.90. The van der Waals surface area contributed by atoms with E-state index in [-0.39, 0.29) is 67.1 Å². The lowest BCUT2D eigenvalue weighted by molar-refractivity contribution is -0.125. The van der Waals surface area contributed by atoms with Gasteiger partial charge < -0.3 is 42.0 Å². The molecular weight excluding hydrogens is 538 g/mol. The molecule has 0 fully saturated rings. The first-order valence-corrected chi connectivity index (χ1v) is 15.5. The molecular formula is C30H59N7O5. The van der Waals surface area contributed by atoms with E-state index >= 15 is 0 Å². The summed E-state index contributed by atoms with van der Waals surface area (Å²) in [5, 5.41) is 21.5. The number of carbonyl (C=O) groups excluding carboxylic acids is 5. The fraction of sp³-hybridized carbons (Fsp3) is 0.833. The van der Waals surface area contributed by atoms with Gasteiger partial charge in [0.15, 0.2) is 0 Å². The van der Waals surface area contributed by atoms with Gasteiger partial charge in [0, 0.05) is 56.3 Å². The molecule has 12 heteroatoms. The topological polar surface area (TPSA) is 170 Å². The van der Waals surface area contributed by atoms with Crippen LogP contribution in [0.5, 0.6) is 0 Å². The lowest BCUT2D eigenvalue weighted by atomic mass is 10.0. The zero-order valence-corrected chi connectivity index (χ0v) is 27.0. The normalized spacial score (nSPS) is 14.0. The van der Waals surface area contributed by atoms with Crippen molar-refractivity contribution in [2.45, 2.75) is 115 Å². The number of ketones is 2. The van der Waals surface area contributed by atoms with E-state index in [1.165, 1.54) is 13.8 Å². The zero-order valence-electron chi connectivity index (χ0n) is 27.0. The zero-order chi connectivity index (χ0) is 31.8. The van der Waals surface area contributed by atoms with E-state index in [0.29, 0.717) is 25.7 Å². The Kier molecular flexibility index (Phi) is 23.7. The Morgan fingerprint density at radius 1 is 0.476 bits per heavy atom. The SMILES string of the molecule is CNCCCC(CC(=O)NC(CCCNC)CC(=O)NC(CCCNC)CC(=O)NC(CCC(C)=O)CC(C)=O)NC. The number of hydrogen-bond acceptors (Lipinski definition) is 9. The molecule has 0 heterocycles. The first-order chi connectivity index (χ1) is 20.0. The minimum Gasteiger partial charge on any atom is -0.353 e. The summed E-state index contributed by atoms with van der Waals surface area (Å²) in [6.07, 6.45) is 6.00. The summed E-state index contributed by atoms with van der Waals surface area (Å²) >= 11 is 0. The van der Waals surface area contributed by atoms with Crippen LogP contribution in [0.2, 0.25) is 0 Å². The highest BCUT2D eigenvalue weighted by Gasteiger charge is 2.23. The fourth-order valence-electron chi connectivity index (χ4n) is 4.86. The maximum Gasteiger partial charge on any atom is 0.222 e. The summed E-state index contributed by atoms with van der Waals surface area (Å²) in [7, 11) is 7.47. The van der Waals surface area contributed by atoms with Gasteiger partial charge in [0.25, 0.3) is 0 Å². The molecule has 4 atom stereocenters. The summed E-state index contributed by atoms with van der Waals surface area (Å²) in [6.45, 7) is 5.34. The molecule has 244 valence electrons. The van der Waals surface area contributed by atoms with Crippen LogP contribution in [0, 0.1) is 0 Å². The van der Waals surface area contributed by atoms with Crippen molar-refractivity contribution in [3.8, 4) is 0 Å². The van der Waals surface area contributed by atoms with Crippen LogP contribution < -0.4 is 37.2 Å². The third-order valence-corrected chi connectivity index (χ3v) is 7.12. The van der Waals surface area contributed by atoms with Gasteiger partial charge in [-0.05, 0) is 107 Å². The van der Waals surface area contributed by atoms with Crippen molar-refractivity contribution in [1.29, 1.82) is 0 Å². The third kappa shape index (κ3) is 22.2. The molecule has 0 aromatic heterocycles. The number of carbonyl (C=O) groups is 5. The van der Waals surface area contributed by atoms with Gasteiger partial charge in [-0.1, -0.05) is 0 Å². The van der Waals surface area contributed by atoms with E-state index < -0.39 is 12.1 Å². The second-order valence-electron chi connectivity index (χ2n) is 11.3. The van der Waals surface area contributed by atoms with Gasteiger partial charge >= 0.3 is 0 Å². The predicted molar refractivity (Wildman–Crippen MR) is 167 cm³/mol. The Bertz CT molecular complexity index is 796. The Morgan fingerprint density at radius 2 is 0.833 bits per heavy atom. The van der Waals surface area contributed by atoms with Gasteiger partial charge in [0.2, 0.25) is 17.7 Å². The monoisotopic (exact) mass is 597 g/mol. The van der Waals surface area contributed by atoms with Crippen LogP contribution in [0.15, 0.2) is 0 Å². The molecule has 0 radical (unpaired) electrons. The number of nitrogens with one attached hydrogen (secondary N) is 7. The van der Waals surface area contributed by atoms with Crippen molar-refractivity contribution < 1.29 is 24.0 Å². The Morgan fingerprint density at radius 3 is 1.17 bits per heavy atom. The molecule has 0 rings (SSSR count). The highest BCUT2D eigenvalue weighted by molar-refractivity contribution is 5.82. The summed E-state index contributed by atoms with van der Waals surface area (Å²) in [5.41, 5.74) is 0. The van der Waals surface area contributed by atoms with Crippen molar-refractivity contribution in [1.82, 2.24) is 37.2 Å². The second kappa shape index (κ2) is 25.1. The van der Waals surface area contributed by atoms with Gasteiger partial charge in [-0.2, -0.15) is 0 Å². The fourth-order valence-corrected chi connectivity index (χ4v) is 4.86. The van der Waals surface area contributed by atoms with E-state index in [1.54, 1.807) is 0 Å². The van der Waals surface area contributed by atoms with Crippen molar-refractivity contribution in [2.24, 2.45) is 0 Å². The minimum absolute atomic E-state index is 0.00152. The maximum atomic E-state index is 13.2. The van der Waals surface area contributed by atoms with E-state index in [2.05, 4.69) is 37.2 Å². The van der Waals surface area contributed by atoms with Crippen molar-refractivity contribution in [2.75, 3.05) is 47.8 Å². The molecule has 0 aromatic carbocycles. The summed E-state index contributed by atoms with van der Waals surface area (Å²) in [4.78, 5) is 62.1. The molecule has 0 saturated heterocycles. The molecule has 0 bridgehead atoms. The van der Waals surface area contributed by atoms with Crippen LogP contribution >= 0.6 is 0 Å². The molecule has 0 aromatic rings.